The highest BCUT2D eigenvalue weighted by Crippen LogP contribution is 2.32. The van der Waals surface area contributed by atoms with Crippen LogP contribution in [0.5, 0.6) is 0 Å². The standard InChI is InChI=1S/C19H17F3N4O2/c20-19(21,22)16-6-2-1-5-15(16)18(28)26-11-9-25(10-12-26)17-8-7-14(23-24-17)4-3-13-27/h1-2,5-8,27H,9-13H2. The molecule has 9 heteroatoms. The van der Waals surface area contributed by atoms with E-state index in [1.165, 1.54) is 23.1 Å². The predicted octanol–water partition coefficient (Wildman–Crippen LogP) is 1.80. The fraction of sp³-hybridized carbons (Fsp3) is 0.316. The Kier molecular flexibility index (Phi) is 5.80. The molecule has 0 bridgehead atoms. The second kappa shape index (κ2) is 8.27. The first kappa shape index (κ1) is 19.6. The van der Waals surface area contributed by atoms with Crippen molar-refractivity contribution in [3.05, 3.63) is 53.2 Å². The van der Waals surface area contributed by atoms with Crippen LogP contribution in [-0.2, 0) is 6.18 Å². The van der Waals surface area contributed by atoms with Crippen LogP contribution in [0.3, 0.4) is 0 Å². The fourth-order valence-electron chi connectivity index (χ4n) is 2.92. The number of aromatic nitrogens is 2. The third-order valence-electron chi connectivity index (χ3n) is 4.30. The van der Waals surface area contributed by atoms with Crippen LogP contribution in [0.1, 0.15) is 21.6 Å². The van der Waals surface area contributed by atoms with Crippen molar-refractivity contribution >= 4 is 11.7 Å². The summed E-state index contributed by atoms with van der Waals surface area (Å²) >= 11 is 0. The van der Waals surface area contributed by atoms with E-state index in [1.807, 2.05) is 4.90 Å². The number of rotatable bonds is 2. The van der Waals surface area contributed by atoms with Gasteiger partial charge in [0.1, 0.15) is 12.3 Å². The quantitative estimate of drug-likeness (QED) is 0.792. The molecule has 1 aromatic carbocycles. The number of nitrogens with zero attached hydrogens (tertiary/aromatic N) is 4. The van der Waals surface area contributed by atoms with Crippen LogP contribution in [0.25, 0.3) is 0 Å². The minimum absolute atomic E-state index is 0.267. The van der Waals surface area contributed by atoms with Gasteiger partial charge in [0, 0.05) is 26.2 Å². The third kappa shape index (κ3) is 4.40. The molecule has 0 saturated carbocycles. The van der Waals surface area contributed by atoms with Gasteiger partial charge in [-0.05, 0) is 30.2 Å². The molecule has 1 amide bonds. The van der Waals surface area contributed by atoms with Gasteiger partial charge < -0.3 is 14.9 Å². The molecule has 3 rings (SSSR count). The zero-order valence-corrected chi connectivity index (χ0v) is 14.8. The van der Waals surface area contributed by atoms with Gasteiger partial charge in [0.2, 0.25) is 0 Å². The van der Waals surface area contributed by atoms with Crippen LogP contribution in [0.2, 0.25) is 0 Å². The van der Waals surface area contributed by atoms with Gasteiger partial charge in [0.25, 0.3) is 5.91 Å². The second-order valence-corrected chi connectivity index (χ2v) is 6.06. The molecular formula is C19H17F3N4O2. The van der Waals surface area contributed by atoms with Gasteiger partial charge in [-0.25, -0.2) is 0 Å². The molecule has 1 aliphatic rings. The highest BCUT2D eigenvalue weighted by Gasteiger charge is 2.36. The van der Waals surface area contributed by atoms with Crippen molar-refractivity contribution in [1.82, 2.24) is 15.1 Å². The van der Waals surface area contributed by atoms with E-state index in [0.29, 0.717) is 24.6 Å². The fourth-order valence-corrected chi connectivity index (χ4v) is 2.92. The van der Waals surface area contributed by atoms with E-state index in [0.717, 1.165) is 6.07 Å². The molecule has 146 valence electrons. The highest BCUT2D eigenvalue weighted by molar-refractivity contribution is 5.96. The van der Waals surface area contributed by atoms with Gasteiger partial charge in [0.05, 0.1) is 11.1 Å². The first-order valence-corrected chi connectivity index (χ1v) is 8.54. The molecule has 1 fully saturated rings. The molecule has 0 unspecified atom stereocenters. The first-order chi connectivity index (χ1) is 13.4. The zero-order chi connectivity index (χ0) is 20.1. The number of carbonyl (C=O) groups excluding carboxylic acids is 1. The summed E-state index contributed by atoms with van der Waals surface area (Å²) in [6.45, 7) is 1.14. The number of piperazine rings is 1. The Hall–Kier alpha value is -3.12. The van der Waals surface area contributed by atoms with Gasteiger partial charge in [-0.15, -0.1) is 10.2 Å². The van der Waals surface area contributed by atoms with Crippen molar-refractivity contribution in [2.75, 3.05) is 37.7 Å². The summed E-state index contributed by atoms with van der Waals surface area (Å²) in [5.41, 5.74) is -0.835. The molecule has 1 aromatic heterocycles. The molecule has 28 heavy (non-hydrogen) atoms. The number of alkyl halides is 3. The lowest BCUT2D eigenvalue weighted by atomic mass is 10.1. The van der Waals surface area contributed by atoms with Crippen molar-refractivity contribution in [2.24, 2.45) is 0 Å². The third-order valence-corrected chi connectivity index (χ3v) is 4.30. The topological polar surface area (TPSA) is 69.6 Å². The number of amides is 1. The largest absolute Gasteiger partial charge is 0.417 e. The lowest BCUT2D eigenvalue weighted by Crippen LogP contribution is -2.49. The van der Waals surface area contributed by atoms with Gasteiger partial charge in [-0.1, -0.05) is 18.1 Å². The average molecular weight is 390 g/mol. The highest BCUT2D eigenvalue weighted by atomic mass is 19.4. The summed E-state index contributed by atoms with van der Waals surface area (Å²) in [6.07, 6.45) is -4.58. The minimum atomic E-state index is -4.58. The number of hydrogen-bond acceptors (Lipinski definition) is 5. The van der Waals surface area contributed by atoms with E-state index >= 15 is 0 Å². The molecule has 0 atom stereocenters. The van der Waals surface area contributed by atoms with Crippen LogP contribution in [0, 0.1) is 11.8 Å². The predicted molar refractivity (Wildman–Crippen MR) is 95.6 cm³/mol. The molecule has 2 heterocycles. The Labute approximate surface area is 159 Å². The zero-order valence-electron chi connectivity index (χ0n) is 14.8. The van der Waals surface area contributed by atoms with Crippen LogP contribution < -0.4 is 4.90 Å². The second-order valence-electron chi connectivity index (χ2n) is 6.06. The van der Waals surface area contributed by atoms with E-state index in [-0.39, 0.29) is 25.3 Å². The normalized spacial score (nSPS) is 14.4. The lowest BCUT2D eigenvalue weighted by molar-refractivity contribution is -0.138. The van der Waals surface area contributed by atoms with Crippen LogP contribution in [-0.4, -0.2) is 58.9 Å². The van der Waals surface area contributed by atoms with Crippen LogP contribution in [0.15, 0.2) is 36.4 Å². The number of anilines is 1. The van der Waals surface area contributed by atoms with Crippen molar-refractivity contribution in [2.45, 2.75) is 6.18 Å². The van der Waals surface area contributed by atoms with Crippen LogP contribution >= 0.6 is 0 Å². The maximum Gasteiger partial charge on any atom is 0.417 e. The molecule has 1 saturated heterocycles. The molecule has 6 nitrogen and oxygen atoms in total. The molecule has 1 N–H and O–H groups in total. The SMILES string of the molecule is O=C(c1ccccc1C(F)(F)F)N1CCN(c2ccc(C#CCO)nn2)CC1. The van der Waals surface area contributed by atoms with E-state index < -0.39 is 17.6 Å². The molecule has 0 spiro atoms. The van der Waals surface area contributed by atoms with Crippen molar-refractivity contribution in [1.29, 1.82) is 0 Å². The Morgan fingerprint density at radius 1 is 1.07 bits per heavy atom. The van der Waals surface area contributed by atoms with E-state index in [4.69, 9.17) is 5.11 Å². The lowest BCUT2D eigenvalue weighted by Gasteiger charge is -2.35. The Balaban J connectivity index is 1.67. The molecule has 2 aromatic rings. The van der Waals surface area contributed by atoms with Gasteiger partial charge >= 0.3 is 6.18 Å². The van der Waals surface area contributed by atoms with Crippen molar-refractivity contribution in [3.8, 4) is 11.8 Å². The first-order valence-electron chi connectivity index (χ1n) is 8.54. The molecule has 0 aliphatic carbocycles. The molecule has 1 aliphatic heterocycles. The summed E-state index contributed by atoms with van der Waals surface area (Å²) in [7, 11) is 0. The molecular weight excluding hydrogens is 373 g/mol. The number of halogens is 3. The smallest absolute Gasteiger partial charge is 0.384 e. The van der Waals surface area contributed by atoms with Crippen molar-refractivity contribution in [3.63, 3.8) is 0 Å². The van der Waals surface area contributed by atoms with E-state index in [9.17, 15) is 18.0 Å². The number of hydrogen-bond donors (Lipinski definition) is 1. The summed E-state index contributed by atoms with van der Waals surface area (Å²) in [5, 5.41) is 16.7. The Morgan fingerprint density at radius 3 is 2.39 bits per heavy atom. The minimum Gasteiger partial charge on any atom is -0.384 e. The Bertz CT molecular complexity index is 896. The summed E-state index contributed by atoms with van der Waals surface area (Å²) < 4.78 is 39.5. The maximum absolute atomic E-state index is 13.2. The number of aliphatic hydroxyl groups is 1. The summed E-state index contributed by atoms with van der Waals surface area (Å²) in [4.78, 5) is 15.9. The van der Waals surface area contributed by atoms with E-state index in [1.54, 1.807) is 12.1 Å². The number of carbonyl (C=O) groups is 1. The van der Waals surface area contributed by atoms with Crippen molar-refractivity contribution < 1.29 is 23.1 Å². The maximum atomic E-state index is 13.2. The van der Waals surface area contributed by atoms with Gasteiger partial charge in [-0.2, -0.15) is 13.2 Å². The molecule has 0 radical (unpaired) electrons. The Morgan fingerprint density at radius 2 is 1.79 bits per heavy atom. The monoisotopic (exact) mass is 390 g/mol. The van der Waals surface area contributed by atoms with Crippen LogP contribution in [0.4, 0.5) is 19.0 Å². The van der Waals surface area contributed by atoms with Gasteiger partial charge in [-0.3, -0.25) is 4.79 Å². The van der Waals surface area contributed by atoms with E-state index in [2.05, 4.69) is 22.0 Å². The number of aliphatic hydroxyl groups excluding tert-OH is 1. The average Bonchev–Trinajstić information content (AvgIpc) is 2.71. The summed E-state index contributed by atoms with van der Waals surface area (Å²) in [5.74, 6) is 5.09. The van der Waals surface area contributed by atoms with Gasteiger partial charge in [0.15, 0.2) is 5.82 Å². The number of benzene rings is 1. The summed E-state index contributed by atoms with van der Waals surface area (Å²) in [6, 6.07) is 8.21.